The fourth-order valence-corrected chi connectivity index (χ4v) is 2.72. The van der Waals surface area contributed by atoms with Gasteiger partial charge in [-0.1, -0.05) is 15.9 Å². The Kier molecular flexibility index (Phi) is 4.05. The zero-order valence-corrected chi connectivity index (χ0v) is 12.2. The van der Waals surface area contributed by atoms with Crippen LogP contribution in [0.5, 0.6) is 0 Å². The van der Waals surface area contributed by atoms with Gasteiger partial charge in [0.25, 0.3) is 5.91 Å². The molecule has 0 aliphatic heterocycles. The molecule has 0 radical (unpaired) electrons. The number of nitrogens with two attached hydrogens (primary N) is 1. The van der Waals surface area contributed by atoms with E-state index in [1.54, 1.807) is 11.4 Å². The van der Waals surface area contributed by atoms with Gasteiger partial charge in [0.15, 0.2) is 0 Å². The van der Waals surface area contributed by atoms with Crippen molar-refractivity contribution in [2.75, 3.05) is 11.1 Å². The molecule has 1 aromatic heterocycles. The lowest BCUT2D eigenvalue weighted by Gasteiger charge is -2.11. The maximum atomic E-state index is 12.7. The summed E-state index contributed by atoms with van der Waals surface area (Å²) >= 11 is 4.11. The minimum absolute atomic E-state index is 0.0458. The molecule has 3 nitrogen and oxygen atoms in total. The lowest BCUT2D eigenvalue weighted by Crippen LogP contribution is -2.13. The normalized spacial score (nSPS) is 11.4. The minimum Gasteiger partial charge on any atom is -0.397 e. The molecule has 2 rings (SSSR count). The number of rotatable bonds is 2. The van der Waals surface area contributed by atoms with E-state index in [4.69, 9.17) is 5.73 Å². The summed E-state index contributed by atoms with van der Waals surface area (Å²) in [6.45, 7) is 0. The van der Waals surface area contributed by atoms with E-state index in [9.17, 15) is 18.0 Å². The molecule has 0 aliphatic carbocycles. The standard InChI is InChI=1S/C12H8BrF3N2OS/c13-7-3-6(12(14,15)16)4-8(5-7)18-11(19)10-9(17)1-2-20-10/h1-5H,17H2,(H,18,19). The Bertz CT molecular complexity index is 654. The van der Waals surface area contributed by atoms with Gasteiger partial charge in [0.05, 0.1) is 11.3 Å². The topological polar surface area (TPSA) is 55.1 Å². The predicted molar refractivity (Wildman–Crippen MR) is 75.8 cm³/mol. The third-order valence-electron chi connectivity index (χ3n) is 2.38. The number of benzene rings is 1. The van der Waals surface area contributed by atoms with Crippen LogP contribution in [0.3, 0.4) is 0 Å². The van der Waals surface area contributed by atoms with Crippen molar-refractivity contribution in [3.8, 4) is 0 Å². The SMILES string of the molecule is Nc1ccsc1C(=O)Nc1cc(Br)cc(C(F)(F)F)c1. The molecule has 0 aliphatic rings. The van der Waals surface area contributed by atoms with Crippen LogP contribution < -0.4 is 11.1 Å². The highest BCUT2D eigenvalue weighted by molar-refractivity contribution is 9.10. The van der Waals surface area contributed by atoms with E-state index in [0.717, 1.165) is 23.5 Å². The number of halogens is 4. The van der Waals surface area contributed by atoms with Crippen molar-refractivity contribution < 1.29 is 18.0 Å². The maximum Gasteiger partial charge on any atom is 0.416 e. The number of nitrogens with one attached hydrogen (secondary N) is 1. The molecule has 0 atom stereocenters. The van der Waals surface area contributed by atoms with Crippen LogP contribution in [-0.2, 0) is 6.18 Å². The third kappa shape index (κ3) is 3.31. The molecule has 1 heterocycles. The molecule has 1 aromatic carbocycles. The Morgan fingerprint density at radius 3 is 2.55 bits per heavy atom. The smallest absolute Gasteiger partial charge is 0.397 e. The Balaban J connectivity index is 2.28. The molecule has 8 heteroatoms. The average molecular weight is 365 g/mol. The molecule has 0 saturated carbocycles. The zero-order chi connectivity index (χ0) is 14.9. The van der Waals surface area contributed by atoms with Gasteiger partial charge in [0, 0.05) is 10.2 Å². The van der Waals surface area contributed by atoms with Crippen molar-refractivity contribution in [2.24, 2.45) is 0 Å². The second-order valence-electron chi connectivity index (χ2n) is 3.89. The van der Waals surface area contributed by atoms with Crippen molar-refractivity contribution in [3.63, 3.8) is 0 Å². The number of alkyl halides is 3. The number of hydrogen-bond donors (Lipinski definition) is 2. The van der Waals surface area contributed by atoms with Crippen molar-refractivity contribution in [1.82, 2.24) is 0 Å². The van der Waals surface area contributed by atoms with E-state index in [1.807, 2.05) is 0 Å². The van der Waals surface area contributed by atoms with Gasteiger partial charge in [-0.25, -0.2) is 0 Å². The van der Waals surface area contributed by atoms with Crippen LogP contribution in [-0.4, -0.2) is 5.91 Å². The second-order valence-corrected chi connectivity index (χ2v) is 5.72. The molecule has 0 fully saturated rings. The Morgan fingerprint density at radius 2 is 2.00 bits per heavy atom. The number of hydrogen-bond acceptors (Lipinski definition) is 3. The summed E-state index contributed by atoms with van der Waals surface area (Å²) < 4.78 is 38.2. The first-order valence-electron chi connectivity index (χ1n) is 5.29. The molecule has 0 spiro atoms. The number of thiophene rings is 1. The Hall–Kier alpha value is -1.54. The molecular formula is C12H8BrF3N2OS. The van der Waals surface area contributed by atoms with Crippen LogP contribution in [0, 0.1) is 0 Å². The van der Waals surface area contributed by atoms with E-state index in [2.05, 4.69) is 21.2 Å². The van der Waals surface area contributed by atoms with Gasteiger partial charge in [0.1, 0.15) is 4.88 Å². The van der Waals surface area contributed by atoms with Crippen LogP contribution >= 0.6 is 27.3 Å². The lowest BCUT2D eigenvalue weighted by atomic mass is 10.2. The van der Waals surface area contributed by atoms with Crippen LogP contribution in [0.15, 0.2) is 34.1 Å². The summed E-state index contributed by atoms with van der Waals surface area (Å²) in [7, 11) is 0. The molecular weight excluding hydrogens is 357 g/mol. The Labute approximate surface area is 124 Å². The molecule has 0 unspecified atom stereocenters. The minimum atomic E-state index is -4.48. The van der Waals surface area contributed by atoms with E-state index in [1.165, 1.54) is 6.07 Å². The van der Waals surface area contributed by atoms with Crippen LogP contribution in [0.2, 0.25) is 0 Å². The first kappa shape index (κ1) is 14.9. The van der Waals surface area contributed by atoms with Crippen LogP contribution in [0.25, 0.3) is 0 Å². The fraction of sp³-hybridized carbons (Fsp3) is 0.0833. The van der Waals surface area contributed by atoms with E-state index in [-0.39, 0.29) is 15.0 Å². The van der Waals surface area contributed by atoms with Crippen molar-refractivity contribution in [1.29, 1.82) is 0 Å². The summed E-state index contributed by atoms with van der Waals surface area (Å²) in [4.78, 5) is 12.2. The number of nitrogen functional groups attached to an aromatic ring is 1. The monoisotopic (exact) mass is 364 g/mol. The number of amides is 1. The van der Waals surface area contributed by atoms with Gasteiger partial charge in [-0.15, -0.1) is 11.3 Å². The maximum absolute atomic E-state index is 12.7. The first-order valence-corrected chi connectivity index (χ1v) is 6.97. The van der Waals surface area contributed by atoms with E-state index < -0.39 is 17.6 Å². The summed E-state index contributed by atoms with van der Waals surface area (Å²) in [5.41, 5.74) is 5.07. The molecule has 0 bridgehead atoms. The highest BCUT2D eigenvalue weighted by Crippen LogP contribution is 2.33. The van der Waals surface area contributed by atoms with Gasteiger partial charge >= 0.3 is 6.18 Å². The quantitative estimate of drug-likeness (QED) is 0.831. The predicted octanol–water partition coefficient (Wildman–Crippen LogP) is 4.36. The number of anilines is 2. The zero-order valence-electron chi connectivity index (χ0n) is 9.79. The van der Waals surface area contributed by atoms with E-state index >= 15 is 0 Å². The van der Waals surface area contributed by atoms with Gasteiger partial charge in [-0.2, -0.15) is 13.2 Å². The number of carbonyl (C=O) groups excluding carboxylic acids is 1. The molecule has 106 valence electrons. The largest absolute Gasteiger partial charge is 0.416 e. The molecule has 1 amide bonds. The van der Waals surface area contributed by atoms with E-state index in [0.29, 0.717) is 5.69 Å². The third-order valence-corrected chi connectivity index (χ3v) is 3.77. The highest BCUT2D eigenvalue weighted by Gasteiger charge is 2.31. The Morgan fingerprint density at radius 1 is 1.30 bits per heavy atom. The average Bonchev–Trinajstić information content (AvgIpc) is 2.73. The lowest BCUT2D eigenvalue weighted by molar-refractivity contribution is -0.137. The van der Waals surface area contributed by atoms with Gasteiger partial charge < -0.3 is 11.1 Å². The fourth-order valence-electron chi connectivity index (χ4n) is 1.52. The molecule has 3 N–H and O–H groups in total. The van der Waals surface area contributed by atoms with Gasteiger partial charge in [-0.3, -0.25) is 4.79 Å². The molecule has 20 heavy (non-hydrogen) atoms. The highest BCUT2D eigenvalue weighted by atomic mass is 79.9. The molecule has 2 aromatic rings. The summed E-state index contributed by atoms with van der Waals surface area (Å²) in [5, 5.41) is 4.03. The van der Waals surface area contributed by atoms with Crippen molar-refractivity contribution in [2.45, 2.75) is 6.18 Å². The number of carbonyl (C=O) groups is 1. The molecule has 0 saturated heterocycles. The second kappa shape index (κ2) is 5.45. The van der Waals surface area contributed by atoms with Crippen LogP contribution in [0.1, 0.15) is 15.2 Å². The van der Waals surface area contributed by atoms with Crippen molar-refractivity contribution >= 4 is 44.5 Å². The van der Waals surface area contributed by atoms with Crippen LogP contribution in [0.4, 0.5) is 24.5 Å². The summed E-state index contributed by atoms with van der Waals surface area (Å²) in [6, 6.07) is 4.75. The van der Waals surface area contributed by atoms with Crippen molar-refractivity contribution in [3.05, 3.63) is 44.6 Å². The van der Waals surface area contributed by atoms with Gasteiger partial charge in [-0.05, 0) is 29.6 Å². The summed E-state index contributed by atoms with van der Waals surface area (Å²) in [6.07, 6.45) is -4.48. The first-order chi connectivity index (χ1) is 9.27. The summed E-state index contributed by atoms with van der Waals surface area (Å²) in [5.74, 6) is -0.538. The van der Waals surface area contributed by atoms with Gasteiger partial charge in [0.2, 0.25) is 0 Å².